The number of rotatable bonds is 6. The molecule has 0 saturated heterocycles. The highest BCUT2D eigenvalue weighted by Gasteiger charge is 2.35. The van der Waals surface area contributed by atoms with Crippen molar-refractivity contribution in [2.45, 2.75) is 103 Å². The fourth-order valence-corrected chi connectivity index (χ4v) is 5.56. The molecular weight excluding hydrogens is 326 g/mol. The van der Waals surface area contributed by atoms with Crippen LogP contribution in [0.15, 0.2) is 35.3 Å². The Hall–Kier alpha value is -1.11. The van der Waals surface area contributed by atoms with E-state index in [4.69, 9.17) is 4.99 Å². The van der Waals surface area contributed by atoms with Crippen molar-refractivity contribution in [3.63, 3.8) is 0 Å². The molecule has 0 amide bonds. The van der Waals surface area contributed by atoms with Gasteiger partial charge in [0, 0.05) is 11.6 Å². The average Bonchev–Trinajstić information content (AvgIpc) is 2.68. The molecule has 1 heteroatoms. The first kappa shape index (κ1) is 20.6. The van der Waals surface area contributed by atoms with Gasteiger partial charge in [0.25, 0.3) is 0 Å². The third-order valence-corrected chi connectivity index (χ3v) is 6.69. The van der Waals surface area contributed by atoms with Crippen LogP contribution < -0.4 is 0 Å². The summed E-state index contributed by atoms with van der Waals surface area (Å²) in [6.07, 6.45) is 16.7. The second kappa shape index (κ2) is 9.89. The minimum absolute atomic E-state index is 0.0353. The zero-order valence-corrected chi connectivity index (χ0v) is 18.1. The van der Waals surface area contributed by atoms with Crippen LogP contribution in [-0.2, 0) is 6.42 Å². The summed E-state index contributed by atoms with van der Waals surface area (Å²) < 4.78 is 0. The van der Waals surface area contributed by atoms with E-state index in [-0.39, 0.29) is 5.54 Å². The van der Waals surface area contributed by atoms with E-state index in [9.17, 15) is 0 Å². The van der Waals surface area contributed by atoms with Crippen molar-refractivity contribution < 1.29 is 0 Å². The van der Waals surface area contributed by atoms with E-state index in [2.05, 4.69) is 51.1 Å². The molecular formula is C26H41N. The lowest BCUT2D eigenvalue weighted by Crippen LogP contribution is -2.35. The van der Waals surface area contributed by atoms with Crippen molar-refractivity contribution in [3.8, 4) is 0 Å². The highest BCUT2D eigenvalue weighted by atomic mass is 14.8. The molecule has 0 spiro atoms. The van der Waals surface area contributed by atoms with Crippen LogP contribution in [0.5, 0.6) is 0 Å². The molecule has 0 aliphatic heterocycles. The van der Waals surface area contributed by atoms with E-state index >= 15 is 0 Å². The van der Waals surface area contributed by atoms with E-state index in [0.717, 1.165) is 30.6 Å². The number of hydrogen-bond donors (Lipinski definition) is 0. The van der Waals surface area contributed by atoms with Crippen LogP contribution in [0.2, 0.25) is 0 Å². The topological polar surface area (TPSA) is 12.4 Å². The lowest BCUT2D eigenvalue weighted by atomic mass is 9.67. The fourth-order valence-electron chi connectivity index (χ4n) is 5.56. The van der Waals surface area contributed by atoms with Gasteiger partial charge in [-0.2, -0.15) is 0 Å². The quantitative estimate of drug-likeness (QED) is 0.458. The Morgan fingerprint density at radius 3 is 1.85 bits per heavy atom. The van der Waals surface area contributed by atoms with Crippen molar-refractivity contribution in [2.24, 2.45) is 22.7 Å². The van der Waals surface area contributed by atoms with Gasteiger partial charge in [0.1, 0.15) is 0 Å². The summed E-state index contributed by atoms with van der Waals surface area (Å²) in [6, 6.07) is 11.0. The molecule has 0 atom stereocenters. The first-order valence-corrected chi connectivity index (χ1v) is 11.7. The molecule has 0 N–H and O–H groups in total. The average molecular weight is 368 g/mol. The maximum absolute atomic E-state index is 5.39. The van der Waals surface area contributed by atoms with Crippen LogP contribution in [0.3, 0.4) is 0 Å². The zero-order chi connectivity index (χ0) is 19.1. The van der Waals surface area contributed by atoms with Crippen molar-refractivity contribution in [2.75, 3.05) is 0 Å². The number of nitrogens with zero attached hydrogens (tertiary/aromatic N) is 1. The largest absolute Gasteiger partial charge is 0.288 e. The van der Waals surface area contributed by atoms with Gasteiger partial charge in [-0.1, -0.05) is 68.9 Å². The van der Waals surface area contributed by atoms with Gasteiger partial charge in [0.15, 0.2) is 0 Å². The monoisotopic (exact) mass is 367 g/mol. The minimum atomic E-state index is 0.0353. The van der Waals surface area contributed by atoms with E-state index in [1.165, 1.54) is 69.8 Å². The van der Waals surface area contributed by atoms with Crippen LogP contribution in [0.25, 0.3) is 0 Å². The third-order valence-electron chi connectivity index (χ3n) is 6.69. The molecule has 0 unspecified atom stereocenters. The summed E-state index contributed by atoms with van der Waals surface area (Å²) in [5, 5.41) is 0. The maximum atomic E-state index is 5.39. The van der Waals surface area contributed by atoms with E-state index in [1.54, 1.807) is 5.71 Å². The maximum Gasteiger partial charge on any atom is 0.0523 e. The molecule has 2 saturated carbocycles. The van der Waals surface area contributed by atoms with Gasteiger partial charge in [0.05, 0.1) is 5.54 Å². The minimum Gasteiger partial charge on any atom is -0.288 e. The third kappa shape index (κ3) is 6.47. The number of hydrogen-bond acceptors (Lipinski definition) is 1. The van der Waals surface area contributed by atoms with Gasteiger partial charge in [-0.3, -0.25) is 4.99 Å². The van der Waals surface area contributed by atoms with Crippen LogP contribution in [0.1, 0.15) is 97.0 Å². The van der Waals surface area contributed by atoms with Crippen LogP contribution >= 0.6 is 0 Å². The highest BCUT2D eigenvalue weighted by molar-refractivity contribution is 5.88. The van der Waals surface area contributed by atoms with Gasteiger partial charge in [-0.15, -0.1) is 0 Å². The molecule has 0 aromatic heterocycles. The van der Waals surface area contributed by atoms with Crippen molar-refractivity contribution >= 4 is 5.71 Å². The van der Waals surface area contributed by atoms with E-state index in [1.807, 2.05) is 0 Å². The summed E-state index contributed by atoms with van der Waals surface area (Å²) in [4.78, 5) is 5.39. The molecule has 2 aliphatic rings. The van der Waals surface area contributed by atoms with Gasteiger partial charge < -0.3 is 0 Å². The molecule has 1 nitrogen and oxygen atoms in total. The fraction of sp³-hybridized carbons (Fsp3) is 0.731. The number of aryl methyl sites for hydroxylation is 1. The SMILES string of the molecule is CC(C)(C)N=C(CCc1ccccc1)C(C1CCCCC1)C1CCCCC1. The molecule has 2 fully saturated rings. The van der Waals surface area contributed by atoms with E-state index < -0.39 is 0 Å². The second-order valence-corrected chi connectivity index (χ2v) is 10.1. The summed E-state index contributed by atoms with van der Waals surface area (Å²) in [5.74, 6) is 2.52. The van der Waals surface area contributed by atoms with Gasteiger partial charge in [-0.25, -0.2) is 0 Å². The van der Waals surface area contributed by atoms with Crippen LogP contribution in [0, 0.1) is 17.8 Å². The molecule has 3 rings (SSSR count). The Labute approximate surface area is 168 Å². The molecule has 0 radical (unpaired) electrons. The Bertz CT molecular complexity index is 550. The summed E-state index contributed by atoms with van der Waals surface area (Å²) >= 11 is 0. The molecule has 1 aromatic carbocycles. The van der Waals surface area contributed by atoms with Crippen LogP contribution in [-0.4, -0.2) is 11.3 Å². The number of aliphatic imine (C=N–C) groups is 1. The summed E-state index contributed by atoms with van der Waals surface area (Å²) in [5.41, 5.74) is 3.06. The molecule has 27 heavy (non-hydrogen) atoms. The summed E-state index contributed by atoms with van der Waals surface area (Å²) in [6.45, 7) is 6.86. The van der Waals surface area contributed by atoms with Gasteiger partial charge in [0.2, 0.25) is 0 Å². The zero-order valence-electron chi connectivity index (χ0n) is 18.1. The Morgan fingerprint density at radius 1 is 0.852 bits per heavy atom. The first-order chi connectivity index (χ1) is 13.0. The first-order valence-electron chi connectivity index (χ1n) is 11.7. The molecule has 0 bridgehead atoms. The predicted octanol–water partition coefficient (Wildman–Crippen LogP) is 7.64. The predicted molar refractivity (Wildman–Crippen MR) is 119 cm³/mol. The van der Waals surface area contributed by atoms with Crippen LogP contribution in [0.4, 0.5) is 0 Å². The lowest BCUT2D eigenvalue weighted by Gasteiger charge is -2.39. The highest BCUT2D eigenvalue weighted by Crippen LogP contribution is 2.42. The second-order valence-electron chi connectivity index (χ2n) is 10.1. The smallest absolute Gasteiger partial charge is 0.0523 e. The lowest BCUT2D eigenvalue weighted by molar-refractivity contribution is 0.193. The standard InChI is InChI=1S/C26H41N/c1-26(2,3)27-24(20-19-21-13-7-4-8-14-21)25(22-15-9-5-10-16-22)23-17-11-6-12-18-23/h4,7-8,13-14,22-23,25H,5-6,9-12,15-20H2,1-3H3. The molecule has 1 aromatic rings. The Morgan fingerprint density at radius 2 is 1.37 bits per heavy atom. The summed E-state index contributed by atoms with van der Waals surface area (Å²) in [7, 11) is 0. The van der Waals surface area contributed by atoms with Gasteiger partial charge in [-0.05, 0) is 76.7 Å². The Kier molecular flexibility index (Phi) is 7.56. The normalized spacial score (nSPS) is 21.0. The van der Waals surface area contributed by atoms with Crippen molar-refractivity contribution in [3.05, 3.63) is 35.9 Å². The Balaban J connectivity index is 1.84. The molecule has 2 aliphatic carbocycles. The van der Waals surface area contributed by atoms with Crippen molar-refractivity contribution in [1.82, 2.24) is 0 Å². The van der Waals surface area contributed by atoms with E-state index in [0.29, 0.717) is 0 Å². The van der Waals surface area contributed by atoms with Gasteiger partial charge >= 0.3 is 0 Å². The van der Waals surface area contributed by atoms with Crippen molar-refractivity contribution in [1.29, 1.82) is 0 Å². The number of benzene rings is 1. The molecule has 150 valence electrons. The molecule has 0 heterocycles.